The van der Waals surface area contributed by atoms with E-state index >= 15 is 0 Å². The Labute approximate surface area is 248 Å². The van der Waals surface area contributed by atoms with Gasteiger partial charge in [0.05, 0.1) is 23.6 Å². The van der Waals surface area contributed by atoms with Crippen LogP contribution in [0.4, 0.5) is 32.0 Å². The lowest BCUT2D eigenvalue weighted by molar-refractivity contribution is -0.183. The number of carbonyl (C=O) groups excluding carboxylic acids is 2. The second-order valence-corrected chi connectivity index (χ2v) is 10.7. The summed E-state index contributed by atoms with van der Waals surface area (Å²) in [6.07, 6.45) is -8.03. The summed E-state index contributed by atoms with van der Waals surface area (Å²) in [5, 5.41) is 13.7. The minimum atomic E-state index is -4.34. The molecule has 7 nitrogen and oxygen atoms in total. The summed E-state index contributed by atoms with van der Waals surface area (Å²) >= 11 is 0. The van der Waals surface area contributed by atoms with Crippen molar-refractivity contribution in [1.82, 2.24) is 10.2 Å². The zero-order valence-electron chi connectivity index (χ0n) is 23.4. The van der Waals surface area contributed by atoms with Gasteiger partial charge in [0.1, 0.15) is 11.7 Å². The number of nitrogens with zero attached hydrogens (tertiary/aromatic N) is 3. The average Bonchev–Trinajstić information content (AvgIpc) is 3.10. The largest absolute Gasteiger partial charge is 0.391 e. The fraction of sp³-hybridized carbons (Fsp3) is 0.323. The maximum absolute atomic E-state index is 14.0. The van der Waals surface area contributed by atoms with E-state index in [2.05, 4.69) is 10.3 Å². The number of alkyl halides is 3. The van der Waals surface area contributed by atoms with Crippen molar-refractivity contribution in [3.63, 3.8) is 0 Å². The molecule has 2 aliphatic heterocycles. The van der Waals surface area contributed by atoms with Crippen molar-refractivity contribution in [3.8, 4) is 0 Å². The number of amidine groups is 1. The maximum atomic E-state index is 14.0. The molecule has 2 heterocycles. The number of para-hydroxylation sites is 1. The molecule has 3 aromatic rings. The van der Waals surface area contributed by atoms with Gasteiger partial charge in [-0.3, -0.25) is 9.59 Å². The Morgan fingerprint density at radius 2 is 1.59 bits per heavy atom. The Morgan fingerprint density at radius 3 is 2.23 bits per heavy atom. The molecule has 1 unspecified atom stereocenters. The van der Waals surface area contributed by atoms with Crippen molar-refractivity contribution in [1.29, 1.82) is 0 Å². The van der Waals surface area contributed by atoms with Crippen LogP contribution in [0.2, 0.25) is 0 Å². The van der Waals surface area contributed by atoms with Gasteiger partial charge in [-0.2, -0.15) is 13.2 Å². The number of nitrogens with one attached hydrogen (secondary N) is 1. The minimum absolute atomic E-state index is 0.00294. The van der Waals surface area contributed by atoms with Crippen LogP contribution in [-0.4, -0.2) is 60.1 Å². The molecule has 2 N–H and O–H groups in total. The van der Waals surface area contributed by atoms with Crippen molar-refractivity contribution >= 4 is 23.3 Å². The molecule has 0 bridgehead atoms. The Balaban J connectivity index is 1.50. The number of aliphatic imine (C=N–C) groups is 1. The number of halogens is 6. The molecule has 13 heteroatoms. The van der Waals surface area contributed by atoms with Gasteiger partial charge in [0, 0.05) is 25.7 Å². The van der Waals surface area contributed by atoms with Crippen LogP contribution in [0.5, 0.6) is 0 Å². The summed E-state index contributed by atoms with van der Waals surface area (Å²) in [7, 11) is 1.46. The summed E-state index contributed by atoms with van der Waals surface area (Å²) in [5.41, 5.74) is 0.851. The molecule has 0 spiro atoms. The molecule has 0 saturated carbocycles. The summed E-state index contributed by atoms with van der Waals surface area (Å²) in [6, 6.07) is 13.9. The van der Waals surface area contributed by atoms with Crippen molar-refractivity contribution in [3.05, 3.63) is 101 Å². The zero-order valence-corrected chi connectivity index (χ0v) is 23.4. The summed E-state index contributed by atoms with van der Waals surface area (Å²) in [5.74, 6) is -7.46. The second-order valence-electron chi connectivity index (χ2n) is 10.7. The van der Waals surface area contributed by atoms with Crippen molar-refractivity contribution in [2.24, 2.45) is 10.9 Å². The number of fused-ring (bicyclic) bond motifs is 1. The number of carbonyl (C=O) groups is 2. The molecule has 3 atom stereocenters. The number of amides is 2. The highest BCUT2D eigenvalue weighted by atomic mass is 19.4. The Kier molecular flexibility index (Phi) is 8.69. The molecule has 2 aliphatic rings. The highest BCUT2D eigenvalue weighted by Gasteiger charge is 2.43. The van der Waals surface area contributed by atoms with E-state index in [1.807, 2.05) is 0 Å². The first-order valence-corrected chi connectivity index (χ1v) is 13.8. The first kappa shape index (κ1) is 31.0. The Bertz CT molecular complexity index is 1570. The molecule has 2 amide bonds. The first-order valence-electron chi connectivity index (χ1n) is 13.8. The third-order valence-corrected chi connectivity index (χ3v) is 7.97. The molecular weight excluding hydrogens is 590 g/mol. The van der Waals surface area contributed by atoms with Gasteiger partial charge in [-0.25, -0.2) is 18.2 Å². The van der Waals surface area contributed by atoms with E-state index in [4.69, 9.17) is 0 Å². The number of likely N-dealkylation sites (N-methyl/N-ethyl adjacent to an activating group) is 1. The van der Waals surface area contributed by atoms with Crippen LogP contribution in [0.1, 0.15) is 41.6 Å². The third-order valence-electron chi connectivity index (χ3n) is 7.97. The van der Waals surface area contributed by atoms with Gasteiger partial charge in [-0.05, 0) is 60.4 Å². The van der Waals surface area contributed by atoms with Gasteiger partial charge in [0.2, 0.25) is 12.1 Å². The first-order chi connectivity index (χ1) is 20.8. The predicted molar refractivity (Wildman–Crippen MR) is 149 cm³/mol. The van der Waals surface area contributed by atoms with Crippen LogP contribution in [0.15, 0.2) is 71.7 Å². The molecule has 1 saturated heterocycles. The number of hydrogen-bond acceptors (Lipinski definition) is 5. The number of benzodiazepines with no additional fused rings is 1. The Morgan fingerprint density at radius 1 is 0.955 bits per heavy atom. The SMILES string of the molecule is CN1C(=O)C(NC(=O)[C@H](c2ccc(F)cc2)[C@@H](O)c2ccc(F)c(F)c2)N=C(N2CCC(C(F)(F)F)CC2)c2ccccc21. The minimum Gasteiger partial charge on any atom is -0.387 e. The number of rotatable bonds is 5. The molecule has 0 aliphatic carbocycles. The van der Waals surface area contributed by atoms with Crippen LogP contribution in [0.3, 0.4) is 0 Å². The van der Waals surface area contributed by atoms with Gasteiger partial charge in [-0.15, -0.1) is 0 Å². The van der Waals surface area contributed by atoms with Crippen LogP contribution in [0.25, 0.3) is 0 Å². The van der Waals surface area contributed by atoms with E-state index in [9.17, 15) is 41.0 Å². The van der Waals surface area contributed by atoms with Crippen molar-refractivity contribution < 1.29 is 41.0 Å². The summed E-state index contributed by atoms with van der Waals surface area (Å²) in [6.45, 7) is 0.00588. The van der Waals surface area contributed by atoms with Gasteiger partial charge < -0.3 is 20.2 Å². The molecular formula is C31H28F6N4O3. The average molecular weight is 619 g/mol. The van der Waals surface area contributed by atoms with E-state index in [1.54, 1.807) is 29.2 Å². The quantitative estimate of drug-likeness (QED) is 0.392. The lowest BCUT2D eigenvalue weighted by Gasteiger charge is -2.35. The number of benzene rings is 3. The highest BCUT2D eigenvalue weighted by Crippen LogP contribution is 2.36. The van der Waals surface area contributed by atoms with Gasteiger partial charge >= 0.3 is 6.18 Å². The molecule has 0 radical (unpaired) electrons. The molecule has 44 heavy (non-hydrogen) atoms. The van der Waals surface area contributed by atoms with Crippen LogP contribution in [0, 0.1) is 23.4 Å². The fourth-order valence-corrected chi connectivity index (χ4v) is 5.53. The lowest BCUT2D eigenvalue weighted by Crippen LogP contribution is -2.48. The Hall–Kier alpha value is -4.39. The van der Waals surface area contributed by atoms with Crippen molar-refractivity contribution in [2.75, 3.05) is 25.0 Å². The topological polar surface area (TPSA) is 85.2 Å². The number of piperidine rings is 1. The van der Waals surface area contributed by atoms with Gasteiger partial charge in [0.25, 0.3) is 5.91 Å². The van der Waals surface area contributed by atoms with Crippen LogP contribution < -0.4 is 10.2 Å². The summed E-state index contributed by atoms with van der Waals surface area (Å²) < 4.78 is 81.5. The van der Waals surface area contributed by atoms with E-state index in [0.29, 0.717) is 11.3 Å². The third kappa shape index (κ3) is 6.28. The molecule has 232 valence electrons. The molecule has 0 aromatic heterocycles. The van der Waals surface area contributed by atoms with Crippen LogP contribution in [-0.2, 0) is 9.59 Å². The normalized spacial score (nSPS) is 19.1. The number of aliphatic hydroxyl groups excluding tert-OH is 1. The van der Waals surface area contributed by atoms with E-state index in [0.717, 1.165) is 30.3 Å². The van der Waals surface area contributed by atoms with Gasteiger partial charge in [0.15, 0.2) is 11.6 Å². The molecule has 5 rings (SSSR count). The van der Waals surface area contributed by atoms with Crippen molar-refractivity contribution in [2.45, 2.75) is 37.2 Å². The monoisotopic (exact) mass is 618 g/mol. The van der Waals surface area contributed by atoms with Crippen LogP contribution >= 0.6 is 0 Å². The number of likely N-dealkylation sites (tertiary alicyclic amines) is 1. The highest BCUT2D eigenvalue weighted by molar-refractivity contribution is 6.12. The van der Waals surface area contributed by atoms with E-state index in [1.165, 1.54) is 24.1 Å². The fourth-order valence-electron chi connectivity index (χ4n) is 5.53. The van der Waals surface area contributed by atoms with E-state index < -0.39 is 59.5 Å². The second kappa shape index (κ2) is 12.3. The standard InChI is InChI=1S/C31H28F6N4O3/c1-40-24-5-3-2-4-21(24)28(41-14-12-19(13-15-41)31(35,36)37)38-27(30(40)44)39-29(43)25(17-6-9-20(32)10-7-17)26(42)18-8-11-22(33)23(34)16-18/h2-11,16,19,25-27,42H,12-15H2,1H3,(H,39,43)/t25-,26+,27?/m1/s1. The smallest absolute Gasteiger partial charge is 0.387 e. The number of aliphatic hydroxyl groups is 1. The number of hydrogen-bond donors (Lipinski definition) is 2. The predicted octanol–water partition coefficient (Wildman–Crippen LogP) is 5.06. The molecule has 1 fully saturated rings. The molecule has 3 aromatic carbocycles. The lowest BCUT2D eigenvalue weighted by atomic mass is 9.88. The van der Waals surface area contributed by atoms with Gasteiger partial charge in [-0.1, -0.05) is 30.3 Å². The maximum Gasteiger partial charge on any atom is 0.391 e. The zero-order chi connectivity index (χ0) is 31.8. The number of anilines is 1. The summed E-state index contributed by atoms with van der Waals surface area (Å²) in [4.78, 5) is 34.9. The van der Waals surface area contributed by atoms with E-state index in [-0.39, 0.29) is 42.9 Å².